The average molecular weight is 430 g/mol. The molecule has 0 fully saturated rings. The number of hydrogen-bond donors (Lipinski definition) is 0. The van der Waals surface area contributed by atoms with E-state index in [-0.39, 0.29) is 0 Å². The van der Waals surface area contributed by atoms with Crippen LogP contribution in [-0.4, -0.2) is 29.2 Å². The Kier molecular flexibility index (Phi) is 6.06. The Morgan fingerprint density at radius 2 is 1.77 bits per heavy atom. The van der Waals surface area contributed by atoms with Crippen LogP contribution >= 0.6 is 15.9 Å². The van der Waals surface area contributed by atoms with Gasteiger partial charge in [0.25, 0.3) is 0 Å². The molecule has 3 rings (SSSR count). The van der Waals surface area contributed by atoms with Crippen molar-refractivity contribution < 1.29 is 4.74 Å². The van der Waals surface area contributed by atoms with Crippen LogP contribution in [0.5, 0.6) is 0 Å². The molecular formula is C20H24BrN3OSi. The summed E-state index contributed by atoms with van der Waals surface area (Å²) in [5, 5.41) is 0. The molecule has 4 nitrogen and oxygen atoms in total. The van der Waals surface area contributed by atoms with Crippen LogP contribution in [0.15, 0.2) is 59.3 Å². The van der Waals surface area contributed by atoms with Gasteiger partial charge in [-0.25, -0.2) is 4.98 Å². The number of hydrogen-bond acceptors (Lipinski definition) is 3. The summed E-state index contributed by atoms with van der Waals surface area (Å²) in [5.41, 5.74) is 2.74. The second-order valence-corrected chi connectivity index (χ2v) is 13.8. The van der Waals surface area contributed by atoms with Gasteiger partial charge in [0.2, 0.25) is 0 Å². The van der Waals surface area contributed by atoms with Gasteiger partial charge >= 0.3 is 0 Å². The van der Waals surface area contributed by atoms with Gasteiger partial charge in [-0.15, -0.1) is 0 Å². The van der Waals surface area contributed by atoms with Gasteiger partial charge in [-0.2, -0.15) is 0 Å². The molecule has 2 heterocycles. The van der Waals surface area contributed by atoms with Gasteiger partial charge in [0.15, 0.2) is 0 Å². The van der Waals surface area contributed by atoms with Gasteiger partial charge < -0.3 is 4.74 Å². The van der Waals surface area contributed by atoms with Gasteiger partial charge in [0, 0.05) is 26.4 Å². The molecule has 0 aliphatic carbocycles. The van der Waals surface area contributed by atoms with E-state index in [1.54, 1.807) is 6.20 Å². The summed E-state index contributed by atoms with van der Waals surface area (Å²) in [6.45, 7) is 8.32. The lowest BCUT2D eigenvalue weighted by atomic mass is 10.2. The number of imidazole rings is 1. The predicted molar refractivity (Wildman–Crippen MR) is 113 cm³/mol. The maximum atomic E-state index is 6.00. The molecule has 0 spiro atoms. The van der Waals surface area contributed by atoms with Crippen molar-refractivity contribution in [1.29, 1.82) is 0 Å². The lowest BCUT2D eigenvalue weighted by Crippen LogP contribution is -2.22. The predicted octanol–water partition coefficient (Wildman–Crippen LogP) is 5.69. The second-order valence-electron chi connectivity index (χ2n) is 7.43. The number of rotatable bonds is 7. The van der Waals surface area contributed by atoms with Crippen molar-refractivity contribution in [1.82, 2.24) is 14.5 Å². The van der Waals surface area contributed by atoms with Crippen LogP contribution in [0.25, 0.3) is 22.8 Å². The molecule has 3 aromatic rings. The standard InChI is InChI=1S/C20H24BrN3OSi/c1-26(2,3)14-13-25-15-24-19(21)18(17-11-7-8-12-22-17)23-20(24)16-9-5-4-6-10-16/h4-12H,13-15H2,1-3H3. The molecule has 0 saturated carbocycles. The third-order valence-electron chi connectivity index (χ3n) is 4.06. The first-order chi connectivity index (χ1) is 12.5. The van der Waals surface area contributed by atoms with E-state index in [2.05, 4.69) is 57.3 Å². The molecule has 0 saturated heterocycles. The summed E-state index contributed by atoms with van der Waals surface area (Å²) in [7, 11) is -1.11. The van der Waals surface area contributed by atoms with Crippen molar-refractivity contribution in [2.75, 3.05) is 6.61 Å². The van der Waals surface area contributed by atoms with Crippen LogP contribution in [0.2, 0.25) is 25.7 Å². The van der Waals surface area contributed by atoms with Gasteiger partial charge in [-0.3, -0.25) is 9.55 Å². The molecule has 0 unspecified atom stereocenters. The van der Waals surface area contributed by atoms with Crippen LogP contribution in [0, 0.1) is 0 Å². The molecule has 0 bridgehead atoms. The highest BCUT2D eigenvalue weighted by atomic mass is 79.9. The smallest absolute Gasteiger partial charge is 0.143 e. The van der Waals surface area contributed by atoms with E-state index in [0.29, 0.717) is 6.73 Å². The minimum Gasteiger partial charge on any atom is -0.361 e. The number of pyridine rings is 1. The Labute approximate surface area is 164 Å². The molecule has 26 heavy (non-hydrogen) atoms. The topological polar surface area (TPSA) is 39.9 Å². The van der Waals surface area contributed by atoms with Crippen LogP contribution in [0.3, 0.4) is 0 Å². The van der Waals surface area contributed by atoms with E-state index < -0.39 is 8.07 Å². The van der Waals surface area contributed by atoms with Crippen LogP contribution in [-0.2, 0) is 11.5 Å². The van der Waals surface area contributed by atoms with Gasteiger partial charge in [-0.1, -0.05) is 56.0 Å². The Hall–Kier alpha value is -1.76. The summed E-state index contributed by atoms with van der Waals surface area (Å²) in [6.07, 6.45) is 1.79. The maximum absolute atomic E-state index is 6.00. The van der Waals surface area contributed by atoms with Crippen molar-refractivity contribution in [2.45, 2.75) is 32.4 Å². The molecule has 0 N–H and O–H groups in total. The zero-order valence-corrected chi connectivity index (χ0v) is 18.0. The van der Waals surface area contributed by atoms with E-state index in [1.165, 1.54) is 0 Å². The van der Waals surface area contributed by atoms with E-state index in [4.69, 9.17) is 9.72 Å². The first-order valence-electron chi connectivity index (χ1n) is 8.76. The molecule has 1 aromatic carbocycles. The van der Waals surface area contributed by atoms with Crippen molar-refractivity contribution >= 4 is 24.0 Å². The minimum atomic E-state index is -1.11. The third-order valence-corrected chi connectivity index (χ3v) is 6.57. The van der Waals surface area contributed by atoms with Crippen LogP contribution < -0.4 is 0 Å². The molecule has 136 valence electrons. The number of benzene rings is 1. The van der Waals surface area contributed by atoms with Crippen molar-refractivity contribution in [3.8, 4) is 22.8 Å². The van der Waals surface area contributed by atoms with E-state index >= 15 is 0 Å². The number of aromatic nitrogens is 3. The molecule has 0 aliphatic rings. The summed E-state index contributed by atoms with van der Waals surface area (Å²) >= 11 is 3.72. The summed E-state index contributed by atoms with van der Waals surface area (Å²) in [4.78, 5) is 9.31. The fraction of sp³-hybridized carbons (Fsp3) is 0.300. The van der Waals surface area contributed by atoms with Crippen molar-refractivity contribution in [3.05, 3.63) is 59.3 Å². The Balaban J connectivity index is 1.92. The molecule has 6 heteroatoms. The quantitative estimate of drug-likeness (QED) is 0.357. The monoisotopic (exact) mass is 429 g/mol. The lowest BCUT2D eigenvalue weighted by molar-refractivity contribution is 0.0869. The second kappa shape index (κ2) is 8.29. The fourth-order valence-corrected chi connectivity index (χ4v) is 3.88. The fourth-order valence-electron chi connectivity index (χ4n) is 2.56. The van der Waals surface area contributed by atoms with Gasteiger partial charge in [0.1, 0.15) is 22.9 Å². The number of halogens is 1. The van der Waals surface area contributed by atoms with Gasteiger partial charge in [-0.05, 0) is 34.1 Å². The SMILES string of the molecule is C[Si](C)(C)CCOCn1c(-c2ccccc2)nc(-c2ccccn2)c1Br. The number of ether oxygens (including phenoxy) is 1. The summed E-state index contributed by atoms with van der Waals surface area (Å²) in [5.74, 6) is 0.881. The number of nitrogens with zero attached hydrogens (tertiary/aromatic N) is 3. The maximum Gasteiger partial charge on any atom is 0.143 e. The highest BCUT2D eigenvalue weighted by Crippen LogP contribution is 2.32. The molecular weight excluding hydrogens is 406 g/mol. The van der Waals surface area contributed by atoms with E-state index in [0.717, 1.165) is 40.0 Å². The Morgan fingerprint density at radius 3 is 2.42 bits per heavy atom. The summed E-state index contributed by atoms with van der Waals surface area (Å²) in [6, 6.07) is 17.2. The average Bonchev–Trinajstić information content (AvgIpc) is 2.96. The summed E-state index contributed by atoms with van der Waals surface area (Å²) < 4.78 is 8.96. The molecule has 0 aliphatic heterocycles. The van der Waals surface area contributed by atoms with Crippen molar-refractivity contribution in [3.63, 3.8) is 0 Å². The minimum absolute atomic E-state index is 0.467. The van der Waals surface area contributed by atoms with Crippen LogP contribution in [0.1, 0.15) is 0 Å². The van der Waals surface area contributed by atoms with E-state index in [9.17, 15) is 0 Å². The first kappa shape index (κ1) is 19.0. The van der Waals surface area contributed by atoms with Crippen LogP contribution in [0.4, 0.5) is 0 Å². The zero-order chi connectivity index (χ0) is 18.6. The van der Waals surface area contributed by atoms with Crippen molar-refractivity contribution in [2.24, 2.45) is 0 Å². The van der Waals surface area contributed by atoms with E-state index in [1.807, 2.05) is 36.4 Å². The van der Waals surface area contributed by atoms with Gasteiger partial charge in [0.05, 0.1) is 5.69 Å². The Bertz CT molecular complexity index is 845. The highest BCUT2D eigenvalue weighted by molar-refractivity contribution is 9.10. The molecule has 0 atom stereocenters. The third kappa shape index (κ3) is 4.69. The largest absolute Gasteiger partial charge is 0.361 e. The Morgan fingerprint density at radius 1 is 1.04 bits per heavy atom. The first-order valence-corrected chi connectivity index (χ1v) is 13.3. The molecule has 2 aromatic heterocycles. The highest BCUT2D eigenvalue weighted by Gasteiger charge is 2.19. The lowest BCUT2D eigenvalue weighted by Gasteiger charge is -2.16. The molecule has 0 amide bonds. The zero-order valence-electron chi connectivity index (χ0n) is 15.4. The normalized spacial score (nSPS) is 11.7. The molecule has 0 radical (unpaired) electrons.